The van der Waals surface area contributed by atoms with Crippen molar-refractivity contribution in [1.82, 2.24) is 9.88 Å². The Kier molecular flexibility index (Phi) is 3.25. The van der Waals surface area contributed by atoms with E-state index in [4.69, 9.17) is 5.73 Å². The number of hydrogen-bond acceptors (Lipinski definition) is 4. The summed E-state index contributed by atoms with van der Waals surface area (Å²) in [5, 5.41) is 0. The first-order valence-corrected chi connectivity index (χ1v) is 6.41. The van der Waals surface area contributed by atoms with Gasteiger partial charge in [-0.25, -0.2) is 4.98 Å². The minimum absolute atomic E-state index is 0.0852. The van der Waals surface area contributed by atoms with Gasteiger partial charge < -0.3 is 10.6 Å². The van der Waals surface area contributed by atoms with E-state index in [9.17, 15) is 4.79 Å². The minimum Gasteiger partial charge on any atom is -0.336 e. The van der Waals surface area contributed by atoms with Gasteiger partial charge in [0.2, 0.25) is 0 Å². The molecule has 1 aromatic rings. The zero-order valence-electron chi connectivity index (χ0n) is 9.64. The second-order valence-corrected chi connectivity index (χ2v) is 5.43. The first kappa shape index (κ1) is 11.5. The lowest BCUT2D eigenvalue weighted by atomic mass is 9.96. The van der Waals surface area contributed by atoms with Crippen LogP contribution in [-0.2, 0) is 0 Å². The molecule has 2 N–H and O–H groups in total. The molecule has 1 aromatic heterocycles. The molecule has 0 radical (unpaired) electrons. The highest BCUT2D eigenvalue weighted by Gasteiger charge is 2.27. The van der Waals surface area contributed by atoms with Crippen LogP contribution >= 0.6 is 11.3 Å². The van der Waals surface area contributed by atoms with E-state index in [1.165, 1.54) is 11.3 Å². The monoisotopic (exact) mass is 239 g/mol. The normalized spacial score (nSPS) is 25.8. The molecule has 1 aliphatic rings. The second-order valence-electron chi connectivity index (χ2n) is 4.58. The van der Waals surface area contributed by atoms with E-state index in [0.29, 0.717) is 12.5 Å². The van der Waals surface area contributed by atoms with Crippen molar-refractivity contribution < 1.29 is 4.79 Å². The van der Waals surface area contributed by atoms with Gasteiger partial charge >= 0.3 is 0 Å². The average molecular weight is 239 g/mol. The van der Waals surface area contributed by atoms with Crippen LogP contribution in [0.15, 0.2) is 5.51 Å². The van der Waals surface area contributed by atoms with Crippen LogP contribution in [0.4, 0.5) is 0 Å². The number of likely N-dealkylation sites (tertiary alicyclic amines) is 1. The van der Waals surface area contributed by atoms with E-state index in [-0.39, 0.29) is 11.9 Å². The molecule has 88 valence electrons. The van der Waals surface area contributed by atoms with Crippen molar-refractivity contribution in [3.05, 3.63) is 16.1 Å². The number of carbonyl (C=O) groups excluding carboxylic acids is 1. The number of aryl methyl sites for hydroxylation is 1. The van der Waals surface area contributed by atoms with Gasteiger partial charge in [0.15, 0.2) is 0 Å². The molecular formula is C11H17N3OS. The number of rotatable bonds is 1. The molecule has 1 amide bonds. The maximum Gasteiger partial charge on any atom is 0.265 e. The van der Waals surface area contributed by atoms with Crippen LogP contribution in [-0.4, -0.2) is 34.9 Å². The number of thiazole rings is 1. The first-order valence-electron chi connectivity index (χ1n) is 5.53. The fourth-order valence-electron chi connectivity index (χ4n) is 2.22. The highest BCUT2D eigenvalue weighted by molar-refractivity contribution is 7.11. The van der Waals surface area contributed by atoms with Gasteiger partial charge in [0.25, 0.3) is 5.91 Å². The maximum atomic E-state index is 12.2. The van der Waals surface area contributed by atoms with Crippen molar-refractivity contribution in [1.29, 1.82) is 0 Å². The quantitative estimate of drug-likeness (QED) is 0.802. The Labute approximate surface area is 99.5 Å². The summed E-state index contributed by atoms with van der Waals surface area (Å²) >= 11 is 1.41. The molecule has 0 aromatic carbocycles. The largest absolute Gasteiger partial charge is 0.336 e. The van der Waals surface area contributed by atoms with Crippen LogP contribution in [0.3, 0.4) is 0 Å². The Balaban J connectivity index is 2.13. The summed E-state index contributed by atoms with van der Waals surface area (Å²) in [6, 6.07) is 0.112. The lowest BCUT2D eigenvalue weighted by molar-refractivity contribution is 0.0665. The Morgan fingerprint density at radius 1 is 1.62 bits per heavy atom. The third kappa shape index (κ3) is 2.25. The van der Waals surface area contributed by atoms with Crippen molar-refractivity contribution >= 4 is 17.2 Å². The fraction of sp³-hybridized carbons (Fsp3) is 0.636. The average Bonchev–Trinajstić information content (AvgIpc) is 2.62. The molecule has 0 bridgehead atoms. The number of hydrogen-bond donors (Lipinski definition) is 1. The molecule has 2 rings (SSSR count). The van der Waals surface area contributed by atoms with Crippen LogP contribution < -0.4 is 5.73 Å². The van der Waals surface area contributed by atoms with Crippen LogP contribution in [0.2, 0.25) is 0 Å². The lowest BCUT2D eigenvalue weighted by Gasteiger charge is -2.34. The van der Waals surface area contributed by atoms with Crippen molar-refractivity contribution in [3.63, 3.8) is 0 Å². The van der Waals surface area contributed by atoms with Crippen LogP contribution in [0.25, 0.3) is 0 Å². The number of carbonyl (C=O) groups is 1. The van der Waals surface area contributed by atoms with Gasteiger partial charge in [-0.1, -0.05) is 6.92 Å². The number of amides is 1. The number of nitrogens with two attached hydrogens (primary N) is 1. The summed E-state index contributed by atoms with van der Waals surface area (Å²) in [6.45, 7) is 5.49. The third-order valence-corrected chi connectivity index (χ3v) is 3.84. The molecule has 0 spiro atoms. The molecule has 0 aliphatic carbocycles. The van der Waals surface area contributed by atoms with Gasteiger partial charge in [0.1, 0.15) is 4.88 Å². The maximum absolute atomic E-state index is 12.2. The zero-order valence-corrected chi connectivity index (χ0v) is 10.5. The van der Waals surface area contributed by atoms with Gasteiger partial charge in [0.05, 0.1) is 11.2 Å². The highest BCUT2D eigenvalue weighted by atomic mass is 32.1. The van der Waals surface area contributed by atoms with E-state index >= 15 is 0 Å². The van der Waals surface area contributed by atoms with Crippen LogP contribution in [0.1, 0.15) is 28.7 Å². The van der Waals surface area contributed by atoms with Crippen molar-refractivity contribution in [3.8, 4) is 0 Å². The second kappa shape index (κ2) is 4.51. The SMILES string of the molecule is Cc1ncsc1C(=O)N1CC(C)CC(N)C1. The molecule has 1 aliphatic heterocycles. The summed E-state index contributed by atoms with van der Waals surface area (Å²) < 4.78 is 0. The molecule has 2 unspecified atom stereocenters. The topological polar surface area (TPSA) is 59.2 Å². The molecule has 16 heavy (non-hydrogen) atoms. The lowest BCUT2D eigenvalue weighted by Crippen LogP contribution is -2.48. The minimum atomic E-state index is 0.0852. The number of aromatic nitrogens is 1. The first-order chi connectivity index (χ1) is 7.58. The molecule has 5 heteroatoms. The van der Waals surface area contributed by atoms with Gasteiger partial charge in [0, 0.05) is 19.1 Å². The van der Waals surface area contributed by atoms with Gasteiger partial charge in [-0.2, -0.15) is 0 Å². The zero-order chi connectivity index (χ0) is 11.7. The fourth-order valence-corrected chi connectivity index (χ4v) is 2.99. The van der Waals surface area contributed by atoms with Crippen molar-refractivity contribution in [2.45, 2.75) is 26.3 Å². The van der Waals surface area contributed by atoms with Crippen molar-refractivity contribution in [2.75, 3.05) is 13.1 Å². The number of piperidine rings is 1. The summed E-state index contributed by atoms with van der Waals surface area (Å²) in [6.07, 6.45) is 1.01. The molecule has 2 atom stereocenters. The van der Waals surface area contributed by atoms with E-state index < -0.39 is 0 Å². The molecule has 4 nitrogen and oxygen atoms in total. The third-order valence-electron chi connectivity index (χ3n) is 2.92. The summed E-state index contributed by atoms with van der Waals surface area (Å²) in [7, 11) is 0. The van der Waals surface area contributed by atoms with E-state index in [0.717, 1.165) is 23.5 Å². The molecular weight excluding hydrogens is 222 g/mol. The smallest absolute Gasteiger partial charge is 0.265 e. The Hall–Kier alpha value is -0.940. The summed E-state index contributed by atoms with van der Waals surface area (Å²) in [4.78, 5) is 18.9. The van der Waals surface area contributed by atoms with Crippen LogP contribution in [0, 0.1) is 12.8 Å². The van der Waals surface area contributed by atoms with Gasteiger partial charge in [-0.05, 0) is 19.3 Å². The predicted octanol–water partition coefficient (Wildman–Crippen LogP) is 1.26. The molecule has 1 saturated heterocycles. The van der Waals surface area contributed by atoms with Gasteiger partial charge in [-0.15, -0.1) is 11.3 Å². The standard InChI is InChI=1S/C11H17N3OS/c1-7-3-9(12)5-14(4-7)11(15)10-8(2)13-6-16-10/h6-7,9H,3-5,12H2,1-2H3. The molecule has 1 fully saturated rings. The van der Waals surface area contributed by atoms with E-state index in [1.807, 2.05) is 11.8 Å². The molecule has 0 saturated carbocycles. The summed E-state index contributed by atoms with van der Waals surface area (Å²) in [5.74, 6) is 0.572. The van der Waals surface area contributed by atoms with Gasteiger partial charge in [-0.3, -0.25) is 4.79 Å². The predicted molar refractivity (Wildman–Crippen MR) is 64.5 cm³/mol. The molecule has 2 heterocycles. The summed E-state index contributed by atoms with van der Waals surface area (Å²) in [5.41, 5.74) is 8.48. The van der Waals surface area contributed by atoms with E-state index in [2.05, 4.69) is 11.9 Å². The highest BCUT2D eigenvalue weighted by Crippen LogP contribution is 2.20. The van der Waals surface area contributed by atoms with Crippen LogP contribution in [0.5, 0.6) is 0 Å². The Morgan fingerprint density at radius 2 is 2.38 bits per heavy atom. The number of nitrogens with zero attached hydrogens (tertiary/aromatic N) is 2. The Bertz CT molecular complexity index is 380. The Morgan fingerprint density at radius 3 is 2.94 bits per heavy atom. The van der Waals surface area contributed by atoms with Crippen molar-refractivity contribution in [2.24, 2.45) is 11.7 Å². The van der Waals surface area contributed by atoms with E-state index in [1.54, 1.807) is 5.51 Å².